The predicted octanol–water partition coefficient (Wildman–Crippen LogP) is 2.84. The summed E-state index contributed by atoms with van der Waals surface area (Å²) in [7, 11) is 0. The zero-order valence-electron chi connectivity index (χ0n) is 13.2. The molecule has 1 aliphatic rings. The van der Waals surface area contributed by atoms with Gasteiger partial charge in [0, 0.05) is 24.0 Å². The van der Waals surface area contributed by atoms with Crippen LogP contribution in [0.2, 0.25) is 0 Å². The lowest BCUT2D eigenvalue weighted by Crippen LogP contribution is -2.40. The number of para-hydroxylation sites is 2. The second-order valence-corrected chi connectivity index (χ2v) is 6.99. The number of aromatic amines is 1. The van der Waals surface area contributed by atoms with E-state index in [4.69, 9.17) is 4.98 Å². The third kappa shape index (κ3) is 3.32. The lowest BCUT2D eigenvalue weighted by molar-refractivity contribution is -0.117. The summed E-state index contributed by atoms with van der Waals surface area (Å²) in [6.07, 6.45) is 3.87. The van der Waals surface area contributed by atoms with Gasteiger partial charge < -0.3 is 10.3 Å². The van der Waals surface area contributed by atoms with Crippen LogP contribution in [0.25, 0.3) is 11.0 Å². The standard InChI is InChI=1S/C17H19N5OS/c23-15(21-17-18-7-9-24-17)11-22-8-3-4-12(10-22)16-19-13-5-1-2-6-14(13)20-16/h1-2,5-7,9,12H,3-4,8,10-11H2,(H,19,20)(H,18,21,23)/t12-/m1/s1. The van der Waals surface area contributed by atoms with E-state index in [1.807, 2.05) is 29.6 Å². The summed E-state index contributed by atoms with van der Waals surface area (Å²) in [5.74, 6) is 1.37. The molecule has 3 aromatic rings. The van der Waals surface area contributed by atoms with Crippen LogP contribution in [0.4, 0.5) is 5.13 Å². The smallest absolute Gasteiger partial charge is 0.240 e. The van der Waals surface area contributed by atoms with Gasteiger partial charge in [-0.1, -0.05) is 12.1 Å². The van der Waals surface area contributed by atoms with Gasteiger partial charge in [0.25, 0.3) is 0 Å². The zero-order valence-corrected chi connectivity index (χ0v) is 14.1. The molecule has 1 atom stereocenters. The summed E-state index contributed by atoms with van der Waals surface area (Å²) in [5, 5.41) is 5.36. The fraction of sp³-hybridized carbons (Fsp3) is 0.353. The third-order valence-electron chi connectivity index (χ3n) is 4.35. The number of likely N-dealkylation sites (tertiary alicyclic amines) is 1. The molecule has 1 fully saturated rings. The number of carbonyl (C=O) groups is 1. The zero-order chi connectivity index (χ0) is 16.4. The van der Waals surface area contributed by atoms with Crippen LogP contribution < -0.4 is 5.32 Å². The average molecular weight is 341 g/mol. The molecular weight excluding hydrogens is 322 g/mol. The first-order valence-corrected chi connectivity index (χ1v) is 9.02. The predicted molar refractivity (Wildman–Crippen MR) is 95.3 cm³/mol. The molecule has 4 rings (SSSR count). The van der Waals surface area contributed by atoms with Crippen LogP contribution in [0.15, 0.2) is 35.8 Å². The Morgan fingerprint density at radius 3 is 3.17 bits per heavy atom. The molecule has 1 aromatic carbocycles. The maximum atomic E-state index is 12.2. The van der Waals surface area contributed by atoms with E-state index in [-0.39, 0.29) is 5.91 Å². The molecule has 24 heavy (non-hydrogen) atoms. The van der Waals surface area contributed by atoms with Crippen LogP contribution in [0.3, 0.4) is 0 Å². The number of nitrogens with one attached hydrogen (secondary N) is 2. The molecular formula is C17H19N5OS. The SMILES string of the molecule is O=C(CN1CCC[C@@H](c2nc3ccccc3[nH]2)C1)Nc1nccs1. The summed E-state index contributed by atoms with van der Waals surface area (Å²) in [4.78, 5) is 26.6. The fourth-order valence-electron chi connectivity index (χ4n) is 3.24. The number of H-pyrrole nitrogens is 1. The summed E-state index contributed by atoms with van der Waals surface area (Å²) in [5.41, 5.74) is 2.08. The van der Waals surface area contributed by atoms with Crippen LogP contribution in [0.5, 0.6) is 0 Å². The van der Waals surface area contributed by atoms with Crippen molar-refractivity contribution in [3.05, 3.63) is 41.7 Å². The van der Waals surface area contributed by atoms with Gasteiger partial charge in [0.15, 0.2) is 5.13 Å². The quantitative estimate of drug-likeness (QED) is 0.765. The Balaban J connectivity index is 1.40. The van der Waals surface area contributed by atoms with Gasteiger partial charge in [0.05, 0.1) is 17.6 Å². The van der Waals surface area contributed by atoms with E-state index in [0.29, 0.717) is 17.6 Å². The molecule has 1 aliphatic heterocycles. The Bertz CT molecular complexity index is 796. The Hall–Kier alpha value is -2.25. The number of rotatable bonds is 4. The van der Waals surface area contributed by atoms with Crippen molar-refractivity contribution < 1.29 is 4.79 Å². The summed E-state index contributed by atoms with van der Waals surface area (Å²) in [6, 6.07) is 8.09. The van der Waals surface area contributed by atoms with Crippen LogP contribution in [0, 0.1) is 0 Å². The van der Waals surface area contributed by atoms with Crippen molar-refractivity contribution in [3.8, 4) is 0 Å². The van der Waals surface area contributed by atoms with Gasteiger partial charge >= 0.3 is 0 Å². The van der Waals surface area contributed by atoms with Gasteiger partial charge in [-0.3, -0.25) is 9.69 Å². The highest BCUT2D eigenvalue weighted by Crippen LogP contribution is 2.26. The molecule has 2 aromatic heterocycles. The molecule has 2 N–H and O–H groups in total. The number of amides is 1. The Kier molecular flexibility index (Phi) is 4.27. The highest BCUT2D eigenvalue weighted by Gasteiger charge is 2.25. The topological polar surface area (TPSA) is 73.9 Å². The second-order valence-electron chi connectivity index (χ2n) is 6.10. The van der Waals surface area contributed by atoms with Crippen LogP contribution in [-0.4, -0.2) is 45.4 Å². The van der Waals surface area contributed by atoms with E-state index < -0.39 is 0 Å². The fourth-order valence-corrected chi connectivity index (χ4v) is 3.78. The average Bonchev–Trinajstić information content (AvgIpc) is 3.24. The van der Waals surface area contributed by atoms with Gasteiger partial charge in [-0.2, -0.15) is 0 Å². The van der Waals surface area contributed by atoms with Crippen molar-refractivity contribution in [2.45, 2.75) is 18.8 Å². The Labute approximate surface area is 143 Å². The number of aromatic nitrogens is 3. The molecule has 0 aliphatic carbocycles. The minimum Gasteiger partial charge on any atom is -0.342 e. The lowest BCUT2D eigenvalue weighted by Gasteiger charge is -2.31. The first-order chi connectivity index (χ1) is 11.8. The largest absolute Gasteiger partial charge is 0.342 e. The molecule has 1 amide bonds. The molecule has 0 saturated carbocycles. The maximum Gasteiger partial charge on any atom is 0.240 e. The van der Waals surface area contributed by atoms with Gasteiger partial charge in [-0.15, -0.1) is 11.3 Å². The number of nitrogens with zero attached hydrogens (tertiary/aromatic N) is 3. The maximum absolute atomic E-state index is 12.2. The first-order valence-electron chi connectivity index (χ1n) is 8.14. The normalized spacial score (nSPS) is 18.8. The number of imidazole rings is 1. The number of anilines is 1. The van der Waals surface area contributed by atoms with E-state index in [1.54, 1.807) is 6.20 Å². The second kappa shape index (κ2) is 6.70. The highest BCUT2D eigenvalue weighted by molar-refractivity contribution is 7.13. The molecule has 124 valence electrons. The molecule has 3 heterocycles. The number of hydrogen-bond donors (Lipinski definition) is 2. The van der Waals surface area contributed by atoms with Crippen LogP contribution >= 0.6 is 11.3 Å². The van der Waals surface area contributed by atoms with E-state index in [2.05, 4.69) is 20.2 Å². The lowest BCUT2D eigenvalue weighted by atomic mass is 9.97. The number of carbonyl (C=O) groups excluding carboxylic acids is 1. The molecule has 0 bridgehead atoms. The highest BCUT2D eigenvalue weighted by atomic mass is 32.1. The summed E-state index contributed by atoms with van der Waals surface area (Å²) >= 11 is 1.44. The van der Waals surface area contributed by atoms with Crippen molar-refractivity contribution in [2.75, 3.05) is 25.0 Å². The molecule has 7 heteroatoms. The van der Waals surface area contributed by atoms with E-state index >= 15 is 0 Å². The Morgan fingerprint density at radius 1 is 1.42 bits per heavy atom. The number of thiazole rings is 1. The van der Waals surface area contributed by atoms with Crippen molar-refractivity contribution >= 4 is 33.4 Å². The van der Waals surface area contributed by atoms with Gasteiger partial charge in [0.1, 0.15) is 5.82 Å². The van der Waals surface area contributed by atoms with E-state index in [9.17, 15) is 4.79 Å². The summed E-state index contributed by atoms with van der Waals surface area (Å²) in [6.45, 7) is 2.20. The van der Waals surface area contributed by atoms with Crippen molar-refractivity contribution in [1.29, 1.82) is 0 Å². The van der Waals surface area contributed by atoms with Crippen molar-refractivity contribution in [2.24, 2.45) is 0 Å². The molecule has 1 saturated heterocycles. The minimum absolute atomic E-state index is 0.00444. The Morgan fingerprint density at radius 2 is 2.33 bits per heavy atom. The van der Waals surface area contributed by atoms with Crippen molar-refractivity contribution in [3.63, 3.8) is 0 Å². The van der Waals surface area contributed by atoms with Gasteiger partial charge in [-0.05, 0) is 31.5 Å². The van der Waals surface area contributed by atoms with E-state index in [1.165, 1.54) is 11.3 Å². The minimum atomic E-state index is -0.00444. The van der Waals surface area contributed by atoms with Gasteiger partial charge in [-0.25, -0.2) is 9.97 Å². The van der Waals surface area contributed by atoms with E-state index in [0.717, 1.165) is 42.8 Å². The molecule has 6 nitrogen and oxygen atoms in total. The summed E-state index contributed by atoms with van der Waals surface area (Å²) < 4.78 is 0. The van der Waals surface area contributed by atoms with Crippen LogP contribution in [0.1, 0.15) is 24.6 Å². The molecule has 0 spiro atoms. The third-order valence-corrected chi connectivity index (χ3v) is 5.03. The molecule has 0 radical (unpaired) electrons. The van der Waals surface area contributed by atoms with Gasteiger partial charge in [0.2, 0.25) is 5.91 Å². The van der Waals surface area contributed by atoms with Crippen molar-refractivity contribution in [1.82, 2.24) is 19.9 Å². The first kappa shape index (κ1) is 15.3. The number of piperidine rings is 1. The monoisotopic (exact) mass is 341 g/mol. The number of hydrogen-bond acceptors (Lipinski definition) is 5. The molecule has 0 unspecified atom stereocenters. The number of fused-ring (bicyclic) bond motifs is 1. The van der Waals surface area contributed by atoms with Crippen LogP contribution in [-0.2, 0) is 4.79 Å². The number of benzene rings is 1.